The van der Waals surface area contributed by atoms with Gasteiger partial charge in [0.15, 0.2) is 0 Å². The van der Waals surface area contributed by atoms with E-state index in [4.69, 9.17) is 18.5 Å². The quantitative estimate of drug-likeness (QED) is 0.151. The van der Waals surface area contributed by atoms with E-state index in [1.807, 2.05) is 0 Å². The Morgan fingerprint density at radius 3 is 1.45 bits per heavy atom. The summed E-state index contributed by atoms with van der Waals surface area (Å²) in [5.41, 5.74) is -17.2. The van der Waals surface area contributed by atoms with Crippen molar-refractivity contribution in [3.8, 4) is 16.8 Å². The number of benzene rings is 9. The molecule has 0 fully saturated rings. The van der Waals surface area contributed by atoms with E-state index in [9.17, 15) is 37.0 Å². The van der Waals surface area contributed by atoms with Gasteiger partial charge in [0.1, 0.15) is 0 Å². The minimum atomic E-state index is -1.37. The third-order valence-electron chi connectivity index (χ3n) is 12.5. The molecule has 4 nitrogen and oxygen atoms in total. The van der Waals surface area contributed by atoms with Crippen molar-refractivity contribution in [1.29, 1.82) is 0 Å². The highest BCUT2D eigenvalue weighted by molar-refractivity contribution is 6.37. The van der Waals surface area contributed by atoms with Crippen LogP contribution in [0.25, 0.3) is 38.6 Å². The summed E-state index contributed by atoms with van der Waals surface area (Å²) in [5, 5.41) is -1.39. The van der Waals surface area contributed by atoms with Gasteiger partial charge in [0, 0.05) is 39.2 Å². The van der Waals surface area contributed by atoms with Crippen molar-refractivity contribution in [2.45, 2.75) is 112 Å². The van der Waals surface area contributed by atoms with Crippen molar-refractivity contribution in [2.24, 2.45) is 0 Å². The molecule has 0 saturated heterocycles. The third-order valence-corrected chi connectivity index (χ3v) is 12.9. The van der Waals surface area contributed by atoms with Gasteiger partial charge in [0.05, 0.1) is 88.4 Å². The number of hydrogen-bond donors (Lipinski definition) is 0. The maximum atomic E-state index is 10.7. The lowest BCUT2D eigenvalue weighted by Crippen LogP contribution is -2.21. The monoisotopic (exact) mass is 1050 g/mol. The number of halogens is 1. The molecular weight excluding hydrogens is 944 g/mol. The van der Waals surface area contributed by atoms with Crippen LogP contribution in [-0.2, 0) is 21.7 Å². The molecule has 11 rings (SSSR count). The van der Waals surface area contributed by atoms with Crippen molar-refractivity contribution in [1.82, 2.24) is 4.57 Å². The fraction of sp³-hybridized carbons (Fsp3) is 0.239. The lowest BCUT2D eigenvalue weighted by atomic mass is 9.84. The summed E-state index contributed by atoms with van der Waals surface area (Å²) in [4.78, 5) is 1.88. The van der Waals surface area contributed by atoms with E-state index in [1.165, 1.54) is 0 Å². The molecule has 0 radical (unpaired) electrons. The highest BCUT2D eigenvalue weighted by Gasteiger charge is 2.34. The van der Waals surface area contributed by atoms with Gasteiger partial charge < -0.3 is 19.3 Å². The van der Waals surface area contributed by atoms with Gasteiger partial charge in [0.2, 0.25) is 0 Å². The lowest BCUT2D eigenvalue weighted by molar-refractivity contribution is 0.590. The van der Waals surface area contributed by atoms with Gasteiger partial charge in [-0.3, -0.25) is 0 Å². The van der Waals surface area contributed by atoms with E-state index in [0.717, 1.165) is 16.4 Å². The Morgan fingerprint density at radius 1 is 0.382 bits per heavy atom. The zero-order valence-corrected chi connectivity index (χ0v) is 44.9. The molecule has 9 aromatic carbocycles. The zero-order valence-electron chi connectivity index (χ0n) is 76.2. The topological polar surface area (TPSA) is 14.7 Å². The highest BCUT2D eigenvalue weighted by atomic mass is 35.5. The largest absolute Gasteiger partial charge is 0.310 e. The SMILES string of the molecule is [2H]c1c([2H])c([2H])c(-c2c([2H])c([2H])c(N(c3c([2H])c([2H])c([2H])c(N(c4c([2H])c([2H])c(C(C)(C)C)c([2H])c4[2H])c4c([2H])c([2H])c(C(C)(C)C)c([2H])c4[2H])c3[2H])c3c([2H])c(C)c([2H])c(N4c5c([2H])c([2H])c([2H])c([2H])c5-n5c6c([2H])c([2H])c(C(C)(C)C)c([2H])c6c6c([2H])c(C(C)(C)C)c([2H])c4c65)c3Cl)c([2H])c2[2H])c([2H])c1[2H]. The number of nitrogens with zero attached hydrogens (tertiary/aromatic N) is 4. The van der Waals surface area contributed by atoms with Crippen LogP contribution in [0.3, 0.4) is 0 Å². The number of para-hydroxylation sites is 2. The van der Waals surface area contributed by atoms with E-state index >= 15 is 0 Å². The Morgan fingerprint density at radius 2 is 0.868 bits per heavy atom. The highest BCUT2D eigenvalue weighted by Crippen LogP contribution is 2.55. The van der Waals surface area contributed by atoms with Gasteiger partial charge in [0.25, 0.3) is 0 Å². The number of anilines is 9. The average molecular weight is 1050 g/mol. The summed E-state index contributed by atoms with van der Waals surface area (Å²) in [6, 6.07) is -30.0. The second-order valence-corrected chi connectivity index (χ2v) is 22.8. The first-order valence-corrected chi connectivity index (χ1v) is 24.8. The van der Waals surface area contributed by atoms with Crippen LogP contribution in [0.4, 0.5) is 51.2 Å². The molecule has 1 aliphatic rings. The molecule has 0 bridgehead atoms. The van der Waals surface area contributed by atoms with Gasteiger partial charge in [-0.2, -0.15) is 0 Å². The fourth-order valence-corrected chi connectivity index (χ4v) is 8.77. The molecule has 0 saturated carbocycles. The lowest BCUT2D eigenvalue weighted by Gasteiger charge is -2.36. The molecule has 2 heterocycles. The molecule has 0 amide bonds. The van der Waals surface area contributed by atoms with Gasteiger partial charge in [-0.15, -0.1) is 0 Å². The molecule has 0 atom stereocenters. The van der Waals surface area contributed by atoms with E-state index in [2.05, 4.69) is 0 Å². The van der Waals surface area contributed by atoms with Crippen molar-refractivity contribution in [3.63, 3.8) is 0 Å². The third kappa shape index (κ3) is 9.15. The van der Waals surface area contributed by atoms with Crippen molar-refractivity contribution in [2.75, 3.05) is 14.7 Å². The van der Waals surface area contributed by atoms with Crippen LogP contribution >= 0.6 is 11.6 Å². The second kappa shape index (κ2) is 18.6. The maximum Gasteiger partial charge on any atom is 0.0887 e. The molecule has 76 heavy (non-hydrogen) atoms. The summed E-state index contributed by atoms with van der Waals surface area (Å²) in [5.74, 6) is 0. The Hall–Kier alpha value is -7.53. The van der Waals surface area contributed by atoms with Crippen LogP contribution in [0.1, 0.15) is 155 Å². The zero-order chi connectivity index (χ0) is 81.5. The van der Waals surface area contributed by atoms with Crippen LogP contribution < -0.4 is 14.7 Å². The van der Waals surface area contributed by atoms with E-state index in [-0.39, 0.29) is 50.1 Å². The molecule has 0 aliphatic carbocycles. The Bertz CT molecular complexity index is 5560. The standard InChI is InChI=1S/C71H71ClN4/c1-46-40-63(66(72)64(41-46)75-61-24-17-18-25-62(61)76-60-39-32-51(70(8,9)10)42-58(60)59-43-52(71(11,12)13)44-65(75)67(59)76)74(55-33-26-48(27-34-55)47-20-15-14-16-21-47)57-23-19-22-56(45-57)73(53-35-28-49(29-36-53)68(2,3)4)54-37-30-50(31-38-54)69(5,6)7/h14-45H,1-13H3/i14D,15D,16D,17D,18D,19D,20D,21D,22D,23D,24D,25D,26D,27D,28D,29D,30D,31D,32D,33D,34D,35D,36D,37D,38D,39D,40D,41D,42D,43D,44D,45D. The summed E-state index contributed by atoms with van der Waals surface area (Å²) in [7, 11) is 0. The minimum Gasteiger partial charge on any atom is -0.310 e. The maximum absolute atomic E-state index is 10.7. The number of rotatable bonds is 8. The Balaban J connectivity index is 1.43. The van der Waals surface area contributed by atoms with Crippen molar-refractivity contribution in [3.05, 3.63) is 226 Å². The Labute approximate surface area is 501 Å². The second-order valence-electron chi connectivity index (χ2n) is 22.5. The predicted octanol–water partition coefficient (Wildman–Crippen LogP) is 21.3. The van der Waals surface area contributed by atoms with Crippen LogP contribution in [0, 0.1) is 6.92 Å². The van der Waals surface area contributed by atoms with Crippen LogP contribution in [0.15, 0.2) is 193 Å². The van der Waals surface area contributed by atoms with Gasteiger partial charge >= 0.3 is 0 Å². The van der Waals surface area contributed by atoms with Gasteiger partial charge in [-0.1, -0.05) is 185 Å². The molecular formula is C71H71ClN4. The predicted molar refractivity (Wildman–Crippen MR) is 328 cm³/mol. The summed E-state index contributed by atoms with van der Waals surface area (Å²) >= 11 is 8.04. The Kier molecular flexibility index (Phi) is 6.26. The molecule has 5 heteroatoms. The summed E-state index contributed by atoms with van der Waals surface area (Å²) in [6.45, 7) is 20.6. The fourth-order valence-electron chi connectivity index (χ4n) is 8.50. The van der Waals surface area contributed by atoms with Crippen LogP contribution in [0.2, 0.25) is 5.02 Å². The molecule has 0 N–H and O–H groups in total. The smallest absolute Gasteiger partial charge is 0.0887 e. The van der Waals surface area contributed by atoms with Crippen molar-refractivity contribution >= 4 is 84.6 Å². The van der Waals surface area contributed by atoms with E-state index < -0.39 is 288 Å². The normalized spacial score (nSPS) is 18.7. The summed E-state index contributed by atoms with van der Waals surface area (Å²) < 4.78 is 311. The number of aromatic nitrogens is 1. The average Bonchev–Trinajstić information content (AvgIpc) is 1.47. The number of fused-ring (bicyclic) bond motifs is 5. The molecule has 1 aliphatic heterocycles. The molecule has 382 valence electrons. The van der Waals surface area contributed by atoms with Gasteiger partial charge in [-0.05, 0) is 170 Å². The number of hydrogen-bond acceptors (Lipinski definition) is 3. The van der Waals surface area contributed by atoms with Crippen LogP contribution in [-0.4, -0.2) is 4.57 Å². The first kappa shape index (κ1) is 25.5. The first-order valence-electron chi connectivity index (χ1n) is 40.4. The van der Waals surface area contributed by atoms with E-state index in [0.29, 0.717) is 9.80 Å². The molecule has 10 aromatic rings. The molecule has 0 unspecified atom stereocenters. The summed E-state index contributed by atoms with van der Waals surface area (Å²) in [6.07, 6.45) is 0. The van der Waals surface area contributed by atoms with Crippen LogP contribution in [0.5, 0.6) is 0 Å². The van der Waals surface area contributed by atoms with E-state index in [1.54, 1.807) is 83.1 Å². The molecule has 0 spiro atoms. The van der Waals surface area contributed by atoms with Gasteiger partial charge in [-0.25, -0.2) is 0 Å². The van der Waals surface area contributed by atoms with Crippen molar-refractivity contribution < 1.29 is 43.9 Å². The minimum absolute atomic E-state index is 0.0297. The molecule has 1 aromatic heterocycles. The first-order chi connectivity index (χ1) is 49.5.